The monoisotopic (exact) mass is 284 g/mol. The molecule has 0 bridgehead atoms. The summed E-state index contributed by atoms with van der Waals surface area (Å²) >= 11 is 3.83. The average Bonchev–Trinajstić information content (AvgIpc) is 2.40. The molecule has 18 heavy (non-hydrogen) atoms. The predicted octanol–water partition coefficient (Wildman–Crippen LogP) is 0.964. The summed E-state index contributed by atoms with van der Waals surface area (Å²) in [4.78, 5) is 23.3. The van der Waals surface area contributed by atoms with Crippen molar-refractivity contribution in [1.82, 2.24) is 9.88 Å². The maximum Gasteiger partial charge on any atom is 0.251 e. The third-order valence-electron chi connectivity index (χ3n) is 2.74. The van der Waals surface area contributed by atoms with Gasteiger partial charge in [0.25, 0.3) is 11.5 Å². The molecule has 1 aliphatic heterocycles. The van der Waals surface area contributed by atoms with Gasteiger partial charge in [-0.2, -0.15) is 23.5 Å². The van der Waals surface area contributed by atoms with Gasteiger partial charge in [-0.05, 0) is 6.07 Å². The van der Waals surface area contributed by atoms with Gasteiger partial charge in [0.05, 0.1) is 0 Å². The third-order valence-corrected chi connectivity index (χ3v) is 5.59. The number of nitrogens with zero attached hydrogens (tertiary/aromatic N) is 1. The SMILES string of the molecule is Cn1ccc(C(=O)NCC2CSCCS2)cc1=O. The molecule has 1 saturated heterocycles. The van der Waals surface area contributed by atoms with E-state index in [2.05, 4.69) is 5.32 Å². The predicted molar refractivity (Wildman–Crippen MR) is 77.6 cm³/mol. The molecule has 98 valence electrons. The Kier molecular flexibility index (Phi) is 4.77. The fourth-order valence-corrected chi connectivity index (χ4v) is 4.26. The molecule has 1 unspecified atom stereocenters. The van der Waals surface area contributed by atoms with Crippen LogP contribution in [0, 0.1) is 0 Å². The minimum absolute atomic E-state index is 0.162. The maximum atomic E-state index is 11.9. The molecule has 6 heteroatoms. The number of amides is 1. The summed E-state index contributed by atoms with van der Waals surface area (Å²) in [6.45, 7) is 0.672. The minimum atomic E-state index is -0.163. The molecule has 0 saturated carbocycles. The number of hydrogen-bond acceptors (Lipinski definition) is 4. The van der Waals surface area contributed by atoms with E-state index in [1.807, 2.05) is 23.5 Å². The van der Waals surface area contributed by atoms with Gasteiger partial charge in [-0.3, -0.25) is 9.59 Å². The van der Waals surface area contributed by atoms with Crippen LogP contribution >= 0.6 is 23.5 Å². The van der Waals surface area contributed by atoms with Crippen LogP contribution in [0.15, 0.2) is 23.1 Å². The van der Waals surface area contributed by atoms with Crippen LogP contribution < -0.4 is 10.9 Å². The van der Waals surface area contributed by atoms with Crippen LogP contribution in [-0.2, 0) is 7.05 Å². The van der Waals surface area contributed by atoms with E-state index in [4.69, 9.17) is 0 Å². The minimum Gasteiger partial charge on any atom is -0.351 e. The number of thioether (sulfide) groups is 2. The zero-order valence-electron chi connectivity index (χ0n) is 10.2. The molecular weight excluding hydrogens is 268 g/mol. The van der Waals surface area contributed by atoms with Gasteiger partial charge in [0.1, 0.15) is 0 Å². The van der Waals surface area contributed by atoms with Gasteiger partial charge in [0.15, 0.2) is 0 Å². The highest BCUT2D eigenvalue weighted by Crippen LogP contribution is 2.23. The van der Waals surface area contributed by atoms with Crippen molar-refractivity contribution in [3.05, 3.63) is 34.2 Å². The molecule has 4 nitrogen and oxygen atoms in total. The second kappa shape index (κ2) is 6.33. The Labute approximate surface area is 115 Å². The zero-order chi connectivity index (χ0) is 13.0. The smallest absolute Gasteiger partial charge is 0.251 e. The lowest BCUT2D eigenvalue weighted by atomic mass is 10.2. The standard InChI is InChI=1S/C12H16N2O2S2/c1-14-3-2-9(6-11(14)15)12(16)13-7-10-8-17-4-5-18-10/h2-3,6,10H,4-5,7-8H2,1H3,(H,13,16). The van der Waals surface area contributed by atoms with Crippen molar-refractivity contribution in [2.24, 2.45) is 7.05 Å². The molecule has 0 spiro atoms. The molecule has 0 radical (unpaired) electrons. The van der Waals surface area contributed by atoms with Crippen LogP contribution in [-0.4, -0.2) is 39.5 Å². The lowest BCUT2D eigenvalue weighted by Crippen LogP contribution is -2.34. The second-order valence-electron chi connectivity index (χ2n) is 4.14. The quantitative estimate of drug-likeness (QED) is 0.898. The molecule has 0 aliphatic carbocycles. The Hall–Kier alpha value is -0.880. The fraction of sp³-hybridized carbons (Fsp3) is 0.500. The van der Waals surface area contributed by atoms with Gasteiger partial charge in [0.2, 0.25) is 0 Å². The van der Waals surface area contributed by atoms with E-state index in [1.165, 1.54) is 16.4 Å². The first-order valence-electron chi connectivity index (χ1n) is 5.81. The summed E-state index contributed by atoms with van der Waals surface area (Å²) < 4.78 is 1.45. The number of nitrogens with one attached hydrogen (secondary N) is 1. The van der Waals surface area contributed by atoms with E-state index in [-0.39, 0.29) is 11.5 Å². The molecule has 1 aliphatic rings. The van der Waals surface area contributed by atoms with Crippen LogP contribution in [0.5, 0.6) is 0 Å². The Morgan fingerprint density at radius 1 is 1.56 bits per heavy atom. The summed E-state index contributed by atoms with van der Waals surface area (Å²) in [5, 5.41) is 3.38. The van der Waals surface area contributed by atoms with Gasteiger partial charge < -0.3 is 9.88 Å². The Morgan fingerprint density at radius 2 is 2.39 bits per heavy atom. The lowest BCUT2D eigenvalue weighted by Gasteiger charge is -2.21. The molecule has 2 heterocycles. The normalized spacial score (nSPS) is 19.5. The van der Waals surface area contributed by atoms with Crippen LogP contribution in [0.1, 0.15) is 10.4 Å². The summed E-state index contributed by atoms with van der Waals surface area (Å²) in [6, 6.07) is 3.04. The number of rotatable bonds is 3. The molecule has 1 aromatic heterocycles. The molecule has 1 atom stereocenters. The van der Waals surface area contributed by atoms with Crippen molar-refractivity contribution < 1.29 is 4.79 Å². The Balaban J connectivity index is 1.90. The highest BCUT2D eigenvalue weighted by molar-refractivity contribution is 8.06. The zero-order valence-corrected chi connectivity index (χ0v) is 11.9. The van der Waals surface area contributed by atoms with Gasteiger partial charge in [-0.25, -0.2) is 0 Å². The highest BCUT2D eigenvalue weighted by Gasteiger charge is 2.15. The van der Waals surface area contributed by atoms with Gasteiger partial charge >= 0.3 is 0 Å². The molecule has 0 aromatic carbocycles. The van der Waals surface area contributed by atoms with Crippen molar-refractivity contribution in [3.8, 4) is 0 Å². The Bertz CT molecular complexity index is 481. The van der Waals surface area contributed by atoms with Crippen LogP contribution in [0.3, 0.4) is 0 Å². The summed E-state index contributed by atoms with van der Waals surface area (Å²) in [5.41, 5.74) is 0.275. The summed E-state index contributed by atoms with van der Waals surface area (Å²) in [5.74, 6) is 3.27. The Morgan fingerprint density at radius 3 is 3.06 bits per heavy atom. The van der Waals surface area contributed by atoms with Crippen molar-refractivity contribution in [2.75, 3.05) is 23.8 Å². The average molecular weight is 284 g/mol. The molecule has 1 fully saturated rings. The molecule has 1 aromatic rings. The first kappa shape index (κ1) is 13.5. The molecular formula is C12H16N2O2S2. The summed E-state index contributed by atoms with van der Waals surface area (Å²) in [6.07, 6.45) is 1.61. The first-order chi connectivity index (χ1) is 8.66. The van der Waals surface area contributed by atoms with Gasteiger partial charge in [0, 0.05) is 53.9 Å². The lowest BCUT2D eigenvalue weighted by molar-refractivity contribution is 0.0954. The van der Waals surface area contributed by atoms with Crippen LogP contribution in [0.25, 0.3) is 0 Å². The summed E-state index contributed by atoms with van der Waals surface area (Å²) in [7, 11) is 1.67. The largest absolute Gasteiger partial charge is 0.351 e. The second-order valence-corrected chi connectivity index (χ2v) is 6.70. The van der Waals surface area contributed by atoms with E-state index < -0.39 is 0 Å². The number of hydrogen-bond donors (Lipinski definition) is 1. The van der Waals surface area contributed by atoms with E-state index in [9.17, 15) is 9.59 Å². The molecule has 1 amide bonds. The fourth-order valence-electron chi connectivity index (χ4n) is 1.65. The molecule has 2 rings (SSSR count). The number of aromatic nitrogens is 1. The van der Waals surface area contributed by atoms with Crippen molar-refractivity contribution in [1.29, 1.82) is 0 Å². The topological polar surface area (TPSA) is 51.1 Å². The van der Waals surface area contributed by atoms with E-state index >= 15 is 0 Å². The van der Waals surface area contributed by atoms with E-state index in [0.717, 1.165) is 11.5 Å². The number of carbonyl (C=O) groups excluding carboxylic acids is 1. The number of carbonyl (C=O) groups is 1. The van der Waals surface area contributed by atoms with Crippen molar-refractivity contribution in [2.45, 2.75) is 5.25 Å². The van der Waals surface area contributed by atoms with Crippen LogP contribution in [0.2, 0.25) is 0 Å². The van der Waals surface area contributed by atoms with Crippen LogP contribution in [0.4, 0.5) is 0 Å². The maximum absolute atomic E-state index is 11.9. The number of aryl methyl sites for hydroxylation is 1. The highest BCUT2D eigenvalue weighted by atomic mass is 32.2. The number of pyridine rings is 1. The van der Waals surface area contributed by atoms with Crippen molar-refractivity contribution >= 4 is 29.4 Å². The van der Waals surface area contributed by atoms with Crippen molar-refractivity contribution in [3.63, 3.8) is 0 Å². The van der Waals surface area contributed by atoms with Gasteiger partial charge in [-0.1, -0.05) is 0 Å². The van der Waals surface area contributed by atoms with E-state index in [1.54, 1.807) is 19.3 Å². The van der Waals surface area contributed by atoms with E-state index in [0.29, 0.717) is 17.4 Å². The molecule has 1 N–H and O–H groups in total. The third kappa shape index (κ3) is 3.55. The van der Waals surface area contributed by atoms with Gasteiger partial charge in [-0.15, -0.1) is 0 Å². The first-order valence-corrected chi connectivity index (χ1v) is 8.01.